The Bertz CT molecular complexity index is 741. The maximum Gasteiger partial charge on any atom is 0.159 e. The minimum Gasteiger partial charge on any atom is -0.397 e. The van der Waals surface area contributed by atoms with Crippen LogP contribution in [0.3, 0.4) is 0 Å². The second kappa shape index (κ2) is 4.96. The number of nitrogens with zero attached hydrogens (tertiary/aromatic N) is 3. The van der Waals surface area contributed by atoms with Crippen molar-refractivity contribution in [3.8, 4) is 11.5 Å². The van der Waals surface area contributed by atoms with E-state index in [9.17, 15) is 0 Å². The molecule has 0 atom stereocenters. The summed E-state index contributed by atoms with van der Waals surface area (Å²) in [5.74, 6) is 0.910. The van der Waals surface area contributed by atoms with Gasteiger partial charge in [0.2, 0.25) is 0 Å². The molecule has 3 rings (SSSR count). The van der Waals surface area contributed by atoms with Gasteiger partial charge in [0.25, 0.3) is 0 Å². The molecule has 0 amide bonds. The summed E-state index contributed by atoms with van der Waals surface area (Å²) in [6.07, 6.45) is 2.73. The van der Waals surface area contributed by atoms with Crippen molar-refractivity contribution in [3.63, 3.8) is 0 Å². The molecule has 0 aliphatic carbocycles. The third-order valence-corrected chi connectivity index (χ3v) is 3.37. The van der Waals surface area contributed by atoms with E-state index in [2.05, 4.69) is 41.6 Å². The fraction of sp³-hybridized carbons (Fsp3) is 0.250. The van der Waals surface area contributed by atoms with Gasteiger partial charge in [-0.05, 0) is 43.2 Å². The molecule has 0 aliphatic heterocycles. The topological polar surface area (TPSA) is 56.7 Å². The lowest BCUT2D eigenvalue weighted by Gasteiger charge is -2.07. The molecular weight excluding hydrogens is 248 g/mol. The van der Waals surface area contributed by atoms with Crippen LogP contribution >= 0.6 is 0 Å². The molecule has 4 nitrogen and oxygen atoms in total. The van der Waals surface area contributed by atoms with Crippen molar-refractivity contribution in [2.24, 2.45) is 0 Å². The molecule has 0 aliphatic rings. The first-order chi connectivity index (χ1) is 9.69. The normalized spacial score (nSPS) is 11.1. The lowest BCUT2D eigenvalue weighted by atomic mass is 10.2. The molecular formula is C16H18N4. The zero-order valence-corrected chi connectivity index (χ0v) is 11.8. The molecule has 3 aromatic rings. The molecule has 2 heterocycles. The lowest BCUT2D eigenvalue weighted by molar-refractivity contribution is 0.702. The van der Waals surface area contributed by atoms with Crippen LogP contribution in [0.5, 0.6) is 0 Å². The van der Waals surface area contributed by atoms with E-state index >= 15 is 0 Å². The summed E-state index contributed by atoms with van der Waals surface area (Å²) in [6, 6.07) is 10.2. The third kappa shape index (κ3) is 2.13. The number of rotatable bonds is 3. The van der Waals surface area contributed by atoms with Gasteiger partial charge in [0, 0.05) is 6.54 Å². The number of nitrogens with two attached hydrogens (primary N) is 1. The fourth-order valence-electron chi connectivity index (χ4n) is 2.42. The van der Waals surface area contributed by atoms with Crippen LogP contribution in [-0.4, -0.2) is 14.5 Å². The second-order valence-electron chi connectivity index (χ2n) is 5.06. The number of pyridine rings is 1. The fourth-order valence-corrected chi connectivity index (χ4v) is 2.42. The average Bonchev–Trinajstić information content (AvgIpc) is 2.78. The number of nitrogen functional groups attached to an aromatic ring is 1. The van der Waals surface area contributed by atoms with Gasteiger partial charge in [-0.1, -0.05) is 13.0 Å². The predicted octanol–water partition coefficient (Wildman–Crippen LogP) is 3.40. The van der Waals surface area contributed by atoms with Gasteiger partial charge in [0.15, 0.2) is 5.82 Å². The van der Waals surface area contributed by atoms with Crippen LogP contribution in [0, 0.1) is 6.92 Å². The van der Waals surface area contributed by atoms with E-state index in [0.717, 1.165) is 35.5 Å². The van der Waals surface area contributed by atoms with Gasteiger partial charge < -0.3 is 10.3 Å². The highest BCUT2D eigenvalue weighted by Gasteiger charge is 2.13. The molecule has 102 valence electrons. The van der Waals surface area contributed by atoms with Gasteiger partial charge in [-0.3, -0.25) is 4.98 Å². The van der Waals surface area contributed by atoms with Crippen molar-refractivity contribution in [3.05, 3.63) is 42.1 Å². The monoisotopic (exact) mass is 266 g/mol. The summed E-state index contributed by atoms with van der Waals surface area (Å²) >= 11 is 0. The number of hydrogen-bond donors (Lipinski definition) is 1. The number of anilines is 1. The average molecular weight is 266 g/mol. The molecule has 0 saturated carbocycles. The van der Waals surface area contributed by atoms with Crippen molar-refractivity contribution >= 4 is 16.7 Å². The largest absolute Gasteiger partial charge is 0.397 e. The van der Waals surface area contributed by atoms with Crippen molar-refractivity contribution in [1.29, 1.82) is 0 Å². The molecule has 4 heteroatoms. The Balaban J connectivity index is 2.22. The SMILES string of the molecule is CCCn1c(-c2ccc(N)cn2)nc2cc(C)ccc21. The van der Waals surface area contributed by atoms with E-state index in [1.165, 1.54) is 5.56 Å². The van der Waals surface area contributed by atoms with Crippen molar-refractivity contribution in [2.45, 2.75) is 26.8 Å². The zero-order valence-electron chi connectivity index (χ0n) is 11.8. The van der Waals surface area contributed by atoms with Crippen LogP contribution in [0.15, 0.2) is 36.5 Å². The smallest absolute Gasteiger partial charge is 0.159 e. The van der Waals surface area contributed by atoms with Crippen LogP contribution < -0.4 is 5.73 Å². The van der Waals surface area contributed by atoms with Crippen molar-refractivity contribution < 1.29 is 0 Å². The first kappa shape index (κ1) is 12.7. The predicted molar refractivity (Wildman–Crippen MR) is 82.4 cm³/mol. The number of benzene rings is 1. The number of aromatic nitrogens is 3. The quantitative estimate of drug-likeness (QED) is 0.790. The summed E-state index contributed by atoms with van der Waals surface area (Å²) < 4.78 is 2.23. The zero-order chi connectivity index (χ0) is 14.1. The van der Waals surface area contributed by atoms with Gasteiger partial charge in [-0.15, -0.1) is 0 Å². The molecule has 0 radical (unpaired) electrons. The maximum atomic E-state index is 5.71. The first-order valence-corrected chi connectivity index (χ1v) is 6.88. The number of hydrogen-bond acceptors (Lipinski definition) is 3. The Morgan fingerprint density at radius 3 is 2.75 bits per heavy atom. The molecule has 0 unspecified atom stereocenters. The molecule has 2 aromatic heterocycles. The summed E-state index contributed by atoms with van der Waals surface area (Å²) in [6.45, 7) is 5.18. The highest BCUT2D eigenvalue weighted by molar-refractivity contribution is 5.80. The summed E-state index contributed by atoms with van der Waals surface area (Å²) in [5, 5.41) is 0. The minimum absolute atomic E-state index is 0.669. The van der Waals surface area contributed by atoms with E-state index < -0.39 is 0 Å². The highest BCUT2D eigenvalue weighted by Crippen LogP contribution is 2.25. The third-order valence-electron chi connectivity index (χ3n) is 3.37. The first-order valence-electron chi connectivity index (χ1n) is 6.88. The molecule has 0 bridgehead atoms. The number of fused-ring (bicyclic) bond motifs is 1. The number of aryl methyl sites for hydroxylation is 2. The van der Waals surface area contributed by atoms with Gasteiger partial charge in [-0.2, -0.15) is 0 Å². The Morgan fingerprint density at radius 2 is 2.05 bits per heavy atom. The van der Waals surface area contributed by atoms with Gasteiger partial charge in [0.05, 0.1) is 22.9 Å². The van der Waals surface area contributed by atoms with E-state index in [4.69, 9.17) is 10.7 Å². The summed E-state index contributed by atoms with van der Waals surface area (Å²) in [4.78, 5) is 9.15. The second-order valence-corrected chi connectivity index (χ2v) is 5.06. The maximum absolute atomic E-state index is 5.71. The Morgan fingerprint density at radius 1 is 1.20 bits per heavy atom. The van der Waals surface area contributed by atoms with E-state index in [1.54, 1.807) is 6.20 Å². The van der Waals surface area contributed by atoms with E-state index in [-0.39, 0.29) is 0 Å². The van der Waals surface area contributed by atoms with Crippen molar-refractivity contribution in [1.82, 2.24) is 14.5 Å². The molecule has 20 heavy (non-hydrogen) atoms. The van der Waals surface area contributed by atoms with Gasteiger partial charge >= 0.3 is 0 Å². The molecule has 0 spiro atoms. The van der Waals surface area contributed by atoms with Crippen LogP contribution in [-0.2, 0) is 6.54 Å². The minimum atomic E-state index is 0.669. The van der Waals surface area contributed by atoms with Crippen LogP contribution in [0.4, 0.5) is 5.69 Å². The van der Waals surface area contributed by atoms with Crippen LogP contribution in [0.2, 0.25) is 0 Å². The number of imidazole rings is 1. The summed E-state index contributed by atoms with van der Waals surface area (Å²) in [5.41, 5.74) is 10.6. The van der Waals surface area contributed by atoms with E-state index in [1.807, 2.05) is 12.1 Å². The summed E-state index contributed by atoms with van der Waals surface area (Å²) in [7, 11) is 0. The van der Waals surface area contributed by atoms with Gasteiger partial charge in [-0.25, -0.2) is 4.98 Å². The van der Waals surface area contributed by atoms with Gasteiger partial charge in [0.1, 0.15) is 5.69 Å². The lowest BCUT2D eigenvalue weighted by Crippen LogP contribution is -2.01. The standard InChI is InChI=1S/C16H18N4/c1-3-8-20-15-7-4-11(2)9-14(15)19-16(20)13-6-5-12(17)10-18-13/h4-7,9-10H,3,8,17H2,1-2H3. The van der Waals surface area contributed by atoms with Crippen molar-refractivity contribution in [2.75, 3.05) is 5.73 Å². The van der Waals surface area contributed by atoms with Crippen LogP contribution in [0.1, 0.15) is 18.9 Å². The molecule has 0 fully saturated rings. The van der Waals surface area contributed by atoms with E-state index in [0.29, 0.717) is 5.69 Å². The molecule has 1 aromatic carbocycles. The van der Waals surface area contributed by atoms with Crippen LogP contribution in [0.25, 0.3) is 22.6 Å². The molecule has 2 N–H and O–H groups in total. The Hall–Kier alpha value is -2.36. The molecule has 0 saturated heterocycles. The Kier molecular flexibility index (Phi) is 3.14. The highest BCUT2D eigenvalue weighted by atomic mass is 15.1. The Labute approximate surface area is 118 Å².